The van der Waals surface area contributed by atoms with Gasteiger partial charge < -0.3 is 14.6 Å². The Labute approximate surface area is 105 Å². The van der Waals surface area contributed by atoms with Crippen LogP contribution in [-0.4, -0.2) is 33.8 Å². The summed E-state index contributed by atoms with van der Waals surface area (Å²) >= 11 is 0. The minimum atomic E-state index is 0.0139. The lowest BCUT2D eigenvalue weighted by Gasteiger charge is -2.05. The van der Waals surface area contributed by atoms with Crippen LogP contribution in [-0.2, 0) is 0 Å². The lowest BCUT2D eigenvalue weighted by atomic mass is 10.3. The minimum absolute atomic E-state index is 0.0139. The topological polar surface area (TPSA) is 86.0 Å². The molecule has 0 aromatic carbocycles. The Morgan fingerprint density at radius 2 is 2.28 bits per heavy atom. The second-order valence-corrected chi connectivity index (χ2v) is 3.68. The lowest BCUT2D eigenvalue weighted by molar-refractivity contribution is 0.342. The molecule has 0 spiro atoms. The minimum Gasteiger partial charge on any atom is -0.481 e. The van der Waals surface area contributed by atoms with Crippen molar-refractivity contribution < 1.29 is 9.26 Å². The van der Waals surface area contributed by atoms with Gasteiger partial charge in [-0.2, -0.15) is 4.98 Å². The molecule has 1 N–H and O–H groups in total. The molecule has 18 heavy (non-hydrogen) atoms. The normalized spacial score (nSPS) is 12.4. The Morgan fingerprint density at radius 3 is 3.00 bits per heavy atom. The number of nitrogens with one attached hydrogen (secondary N) is 1. The number of rotatable bonds is 5. The molecule has 0 radical (unpaired) electrons. The Morgan fingerprint density at radius 1 is 1.44 bits per heavy atom. The predicted molar refractivity (Wildman–Crippen MR) is 64.0 cm³/mol. The molecule has 0 aliphatic heterocycles. The van der Waals surface area contributed by atoms with Crippen molar-refractivity contribution in [2.45, 2.75) is 19.9 Å². The predicted octanol–water partition coefficient (Wildman–Crippen LogP) is 1.21. The van der Waals surface area contributed by atoms with Crippen LogP contribution in [0.5, 0.6) is 5.88 Å². The van der Waals surface area contributed by atoms with E-state index in [-0.39, 0.29) is 6.04 Å². The maximum atomic E-state index is 5.18. The van der Waals surface area contributed by atoms with Gasteiger partial charge in [0, 0.05) is 6.07 Å². The second-order valence-electron chi connectivity index (χ2n) is 3.68. The van der Waals surface area contributed by atoms with Crippen molar-refractivity contribution in [1.29, 1.82) is 0 Å². The van der Waals surface area contributed by atoms with Crippen LogP contribution < -0.4 is 10.1 Å². The van der Waals surface area contributed by atoms with Crippen LogP contribution in [0.25, 0.3) is 11.5 Å². The zero-order chi connectivity index (χ0) is 13.0. The molecular formula is C11H15N5O2. The van der Waals surface area contributed by atoms with Crippen molar-refractivity contribution >= 4 is 0 Å². The molecule has 0 aliphatic rings. The summed E-state index contributed by atoms with van der Waals surface area (Å²) in [6, 6.07) is 1.67. The summed E-state index contributed by atoms with van der Waals surface area (Å²) < 4.78 is 10.2. The summed E-state index contributed by atoms with van der Waals surface area (Å²) in [4.78, 5) is 12.3. The van der Waals surface area contributed by atoms with E-state index in [4.69, 9.17) is 9.26 Å². The molecule has 2 aromatic heterocycles. The Balaban J connectivity index is 2.23. The van der Waals surface area contributed by atoms with E-state index in [0.29, 0.717) is 23.3 Å². The largest absolute Gasteiger partial charge is 0.481 e. The number of aromatic nitrogens is 4. The van der Waals surface area contributed by atoms with E-state index in [9.17, 15) is 0 Å². The average molecular weight is 249 g/mol. The number of methoxy groups -OCH3 is 1. The summed E-state index contributed by atoms with van der Waals surface area (Å²) in [7, 11) is 1.54. The third kappa shape index (κ3) is 2.62. The maximum Gasteiger partial charge on any atom is 0.243 e. The molecule has 1 unspecified atom stereocenters. The molecule has 0 fully saturated rings. The fraction of sp³-hybridized carbons (Fsp3) is 0.455. The van der Waals surface area contributed by atoms with Gasteiger partial charge in [-0.3, -0.25) is 0 Å². The van der Waals surface area contributed by atoms with Gasteiger partial charge in [0.05, 0.1) is 13.2 Å². The van der Waals surface area contributed by atoms with Crippen LogP contribution in [0.4, 0.5) is 0 Å². The number of ether oxygens (including phenoxy) is 1. The summed E-state index contributed by atoms with van der Waals surface area (Å²) in [5.74, 6) is 1.42. The standard InChI is InChI=1S/C11H15N5O2/c1-4-12-7(2)11-15-10(16-18-11)8-5-9(17-3)14-6-13-8/h5-7,12H,4H2,1-3H3. The highest BCUT2D eigenvalue weighted by atomic mass is 16.5. The van der Waals surface area contributed by atoms with Gasteiger partial charge in [-0.15, -0.1) is 0 Å². The smallest absolute Gasteiger partial charge is 0.243 e. The van der Waals surface area contributed by atoms with Gasteiger partial charge in [-0.05, 0) is 13.5 Å². The molecule has 0 amide bonds. The average Bonchev–Trinajstić information content (AvgIpc) is 2.89. The van der Waals surface area contributed by atoms with E-state index < -0.39 is 0 Å². The molecule has 2 rings (SSSR count). The Bertz CT molecular complexity index is 514. The van der Waals surface area contributed by atoms with Crippen molar-refractivity contribution in [2.75, 3.05) is 13.7 Å². The molecular weight excluding hydrogens is 234 g/mol. The molecule has 1 atom stereocenters. The van der Waals surface area contributed by atoms with Crippen molar-refractivity contribution in [1.82, 2.24) is 25.4 Å². The molecule has 0 aliphatic carbocycles. The monoisotopic (exact) mass is 249 g/mol. The fourth-order valence-corrected chi connectivity index (χ4v) is 1.48. The molecule has 96 valence electrons. The van der Waals surface area contributed by atoms with E-state index >= 15 is 0 Å². The molecule has 7 nitrogen and oxygen atoms in total. The van der Waals surface area contributed by atoms with Crippen molar-refractivity contribution in [3.63, 3.8) is 0 Å². The first-order valence-corrected chi connectivity index (χ1v) is 5.68. The Kier molecular flexibility index (Phi) is 3.83. The summed E-state index contributed by atoms with van der Waals surface area (Å²) in [5, 5.41) is 7.09. The van der Waals surface area contributed by atoms with Crippen molar-refractivity contribution in [2.24, 2.45) is 0 Å². The summed E-state index contributed by atoms with van der Waals surface area (Å²) in [5.41, 5.74) is 0.570. The molecule has 0 saturated carbocycles. The van der Waals surface area contributed by atoms with Crippen LogP contribution >= 0.6 is 0 Å². The first kappa shape index (κ1) is 12.4. The molecule has 2 heterocycles. The third-order valence-electron chi connectivity index (χ3n) is 2.40. The molecule has 2 aromatic rings. The quantitative estimate of drug-likeness (QED) is 0.852. The summed E-state index contributed by atoms with van der Waals surface area (Å²) in [6.07, 6.45) is 1.40. The number of hydrogen-bond acceptors (Lipinski definition) is 7. The third-order valence-corrected chi connectivity index (χ3v) is 2.40. The first-order chi connectivity index (χ1) is 8.74. The molecule has 0 bridgehead atoms. The van der Waals surface area contributed by atoms with E-state index in [1.165, 1.54) is 6.33 Å². The second kappa shape index (κ2) is 5.54. The van der Waals surface area contributed by atoms with Crippen molar-refractivity contribution in [3.8, 4) is 17.4 Å². The highest BCUT2D eigenvalue weighted by Gasteiger charge is 2.15. The lowest BCUT2D eigenvalue weighted by Crippen LogP contribution is -2.17. The van der Waals surface area contributed by atoms with Gasteiger partial charge in [-0.25, -0.2) is 9.97 Å². The van der Waals surface area contributed by atoms with Gasteiger partial charge in [0.1, 0.15) is 12.0 Å². The van der Waals surface area contributed by atoms with Gasteiger partial charge in [0.2, 0.25) is 17.6 Å². The van der Waals surface area contributed by atoms with E-state index in [0.717, 1.165) is 6.54 Å². The van der Waals surface area contributed by atoms with Crippen LogP contribution in [0.2, 0.25) is 0 Å². The maximum absolute atomic E-state index is 5.18. The van der Waals surface area contributed by atoms with E-state index in [1.54, 1.807) is 13.2 Å². The number of nitrogens with zero attached hydrogens (tertiary/aromatic N) is 4. The van der Waals surface area contributed by atoms with Gasteiger partial charge in [0.25, 0.3) is 0 Å². The van der Waals surface area contributed by atoms with Crippen LogP contribution in [0.3, 0.4) is 0 Å². The highest BCUT2D eigenvalue weighted by molar-refractivity contribution is 5.49. The van der Waals surface area contributed by atoms with E-state index in [1.807, 2.05) is 13.8 Å². The summed E-state index contributed by atoms with van der Waals surface area (Å²) in [6.45, 7) is 4.81. The highest BCUT2D eigenvalue weighted by Crippen LogP contribution is 2.18. The molecule has 0 saturated heterocycles. The first-order valence-electron chi connectivity index (χ1n) is 5.68. The van der Waals surface area contributed by atoms with Crippen LogP contribution in [0.1, 0.15) is 25.8 Å². The molecule has 7 heteroatoms. The number of hydrogen-bond donors (Lipinski definition) is 1. The van der Waals surface area contributed by atoms with Crippen LogP contribution in [0.15, 0.2) is 16.9 Å². The van der Waals surface area contributed by atoms with Crippen LogP contribution in [0, 0.1) is 0 Å². The van der Waals surface area contributed by atoms with E-state index in [2.05, 4.69) is 25.4 Å². The zero-order valence-electron chi connectivity index (χ0n) is 10.5. The van der Waals surface area contributed by atoms with Gasteiger partial charge >= 0.3 is 0 Å². The van der Waals surface area contributed by atoms with Crippen molar-refractivity contribution in [3.05, 3.63) is 18.3 Å². The van der Waals surface area contributed by atoms with Gasteiger partial charge in [0.15, 0.2) is 0 Å². The fourth-order valence-electron chi connectivity index (χ4n) is 1.48. The SMILES string of the molecule is CCNC(C)c1nc(-c2cc(OC)ncn2)no1. The zero-order valence-corrected chi connectivity index (χ0v) is 10.5. The Hall–Kier alpha value is -2.02. The van der Waals surface area contributed by atoms with Gasteiger partial charge in [-0.1, -0.05) is 12.1 Å².